The standard InChI is InChI=1S/C13H28N2/c1-4-5-6-7-8-10-13-14(2)11-9-12-15(13)3/h13H,4-12H2,1-3H3. The van der Waals surface area contributed by atoms with Gasteiger partial charge in [-0.25, -0.2) is 0 Å². The lowest BCUT2D eigenvalue weighted by atomic mass is 10.1. The summed E-state index contributed by atoms with van der Waals surface area (Å²) in [6.07, 6.45) is 10.4. The Morgan fingerprint density at radius 1 is 0.933 bits per heavy atom. The molecule has 0 aliphatic carbocycles. The van der Waals surface area contributed by atoms with Crippen molar-refractivity contribution in [2.24, 2.45) is 0 Å². The second-order valence-corrected chi connectivity index (χ2v) is 5.00. The highest BCUT2D eigenvalue weighted by molar-refractivity contribution is 4.74. The van der Waals surface area contributed by atoms with Gasteiger partial charge in [0.25, 0.3) is 0 Å². The molecule has 0 N–H and O–H groups in total. The summed E-state index contributed by atoms with van der Waals surface area (Å²) in [5.41, 5.74) is 0. The highest BCUT2D eigenvalue weighted by atomic mass is 15.3. The molecule has 0 aromatic carbocycles. The lowest BCUT2D eigenvalue weighted by Gasteiger charge is -2.40. The first-order chi connectivity index (χ1) is 7.25. The molecule has 1 fully saturated rings. The second-order valence-electron chi connectivity index (χ2n) is 5.00. The van der Waals surface area contributed by atoms with E-state index in [-0.39, 0.29) is 0 Å². The largest absolute Gasteiger partial charge is 0.291 e. The maximum absolute atomic E-state index is 2.52. The van der Waals surface area contributed by atoms with Crippen LogP contribution in [0.2, 0.25) is 0 Å². The summed E-state index contributed by atoms with van der Waals surface area (Å²) in [7, 11) is 4.54. The topological polar surface area (TPSA) is 6.48 Å². The molecular weight excluding hydrogens is 184 g/mol. The van der Waals surface area contributed by atoms with Crippen LogP contribution in [0.4, 0.5) is 0 Å². The number of unbranched alkanes of at least 4 members (excludes halogenated alkanes) is 4. The van der Waals surface area contributed by atoms with Crippen molar-refractivity contribution in [3.63, 3.8) is 0 Å². The van der Waals surface area contributed by atoms with Gasteiger partial charge in [-0.15, -0.1) is 0 Å². The Hall–Kier alpha value is -0.0800. The monoisotopic (exact) mass is 212 g/mol. The zero-order valence-corrected chi connectivity index (χ0v) is 10.8. The fraction of sp³-hybridized carbons (Fsp3) is 1.00. The molecule has 0 unspecified atom stereocenters. The highest BCUT2D eigenvalue weighted by Gasteiger charge is 2.22. The lowest BCUT2D eigenvalue weighted by molar-refractivity contribution is 0.0346. The van der Waals surface area contributed by atoms with E-state index in [1.807, 2.05) is 0 Å². The Balaban J connectivity index is 2.12. The quantitative estimate of drug-likeness (QED) is 0.625. The van der Waals surface area contributed by atoms with Gasteiger partial charge in [-0.05, 0) is 26.9 Å². The van der Waals surface area contributed by atoms with Crippen LogP contribution < -0.4 is 0 Å². The molecule has 2 nitrogen and oxygen atoms in total. The van der Waals surface area contributed by atoms with Gasteiger partial charge in [0, 0.05) is 13.1 Å². The van der Waals surface area contributed by atoms with Crippen LogP contribution in [-0.2, 0) is 0 Å². The van der Waals surface area contributed by atoms with Gasteiger partial charge in [0.2, 0.25) is 0 Å². The maximum Gasteiger partial charge on any atom is 0.0617 e. The summed E-state index contributed by atoms with van der Waals surface area (Å²) in [4.78, 5) is 5.03. The Morgan fingerprint density at radius 2 is 1.53 bits per heavy atom. The third kappa shape index (κ3) is 4.52. The predicted molar refractivity (Wildman–Crippen MR) is 67.0 cm³/mol. The van der Waals surface area contributed by atoms with Crippen LogP contribution in [0.15, 0.2) is 0 Å². The van der Waals surface area contributed by atoms with E-state index in [4.69, 9.17) is 0 Å². The van der Waals surface area contributed by atoms with Gasteiger partial charge in [-0.1, -0.05) is 39.0 Å². The van der Waals surface area contributed by atoms with Crippen molar-refractivity contribution in [1.82, 2.24) is 9.80 Å². The summed E-state index contributed by atoms with van der Waals surface area (Å²) in [6, 6.07) is 0. The van der Waals surface area contributed by atoms with Crippen molar-refractivity contribution in [1.29, 1.82) is 0 Å². The van der Waals surface area contributed by atoms with Crippen molar-refractivity contribution in [2.45, 2.75) is 58.0 Å². The zero-order valence-electron chi connectivity index (χ0n) is 10.8. The zero-order chi connectivity index (χ0) is 11.1. The fourth-order valence-electron chi connectivity index (χ4n) is 2.58. The average Bonchev–Trinajstić information content (AvgIpc) is 2.21. The molecular formula is C13H28N2. The molecule has 0 aromatic rings. The first kappa shape index (κ1) is 13.0. The van der Waals surface area contributed by atoms with Crippen LogP contribution in [0, 0.1) is 0 Å². The number of rotatable bonds is 6. The minimum absolute atomic E-state index is 0.709. The fourth-order valence-corrected chi connectivity index (χ4v) is 2.58. The summed E-state index contributed by atoms with van der Waals surface area (Å²) in [5.74, 6) is 0. The van der Waals surface area contributed by atoms with Crippen molar-refractivity contribution in [3.05, 3.63) is 0 Å². The first-order valence-electron chi connectivity index (χ1n) is 6.66. The number of hydrogen-bond donors (Lipinski definition) is 0. The van der Waals surface area contributed by atoms with Crippen LogP contribution in [0.3, 0.4) is 0 Å². The molecule has 0 radical (unpaired) electrons. The Kier molecular flexibility index (Phi) is 6.26. The van der Waals surface area contributed by atoms with Crippen LogP contribution in [0.1, 0.15) is 51.9 Å². The van der Waals surface area contributed by atoms with Crippen LogP contribution in [-0.4, -0.2) is 43.2 Å². The van der Waals surface area contributed by atoms with Crippen molar-refractivity contribution < 1.29 is 0 Å². The SMILES string of the molecule is CCCCCCCC1N(C)CCCN1C. The minimum Gasteiger partial charge on any atom is -0.291 e. The smallest absolute Gasteiger partial charge is 0.0617 e. The molecule has 1 aliphatic rings. The molecule has 1 saturated heterocycles. The van der Waals surface area contributed by atoms with Crippen molar-refractivity contribution in [3.8, 4) is 0 Å². The molecule has 2 heteroatoms. The second kappa shape index (κ2) is 7.24. The molecule has 1 heterocycles. The van der Waals surface area contributed by atoms with Gasteiger partial charge in [0.05, 0.1) is 6.17 Å². The van der Waals surface area contributed by atoms with Crippen LogP contribution >= 0.6 is 0 Å². The van der Waals surface area contributed by atoms with E-state index in [0.29, 0.717) is 6.17 Å². The highest BCUT2D eigenvalue weighted by Crippen LogP contribution is 2.17. The van der Waals surface area contributed by atoms with Gasteiger partial charge >= 0.3 is 0 Å². The maximum atomic E-state index is 2.52. The normalized spacial score (nSPS) is 21.0. The summed E-state index contributed by atoms with van der Waals surface area (Å²) >= 11 is 0. The summed E-state index contributed by atoms with van der Waals surface area (Å²) in [5, 5.41) is 0. The molecule has 90 valence electrons. The van der Waals surface area contributed by atoms with Gasteiger partial charge in [-0.2, -0.15) is 0 Å². The molecule has 0 saturated carbocycles. The van der Waals surface area contributed by atoms with Gasteiger partial charge < -0.3 is 0 Å². The molecule has 0 bridgehead atoms. The molecule has 15 heavy (non-hydrogen) atoms. The Labute approximate surface area is 95.6 Å². The van der Waals surface area contributed by atoms with Crippen molar-refractivity contribution >= 4 is 0 Å². The third-order valence-corrected chi connectivity index (χ3v) is 3.61. The molecule has 1 rings (SSSR count). The van der Waals surface area contributed by atoms with E-state index >= 15 is 0 Å². The number of nitrogens with zero attached hydrogens (tertiary/aromatic N) is 2. The third-order valence-electron chi connectivity index (χ3n) is 3.61. The van der Waals surface area contributed by atoms with E-state index in [2.05, 4.69) is 30.8 Å². The molecule has 0 spiro atoms. The van der Waals surface area contributed by atoms with E-state index in [0.717, 1.165) is 0 Å². The lowest BCUT2D eigenvalue weighted by Crippen LogP contribution is -2.50. The first-order valence-corrected chi connectivity index (χ1v) is 6.66. The van der Waals surface area contributed by atoms with E-state index < -0.39 is 0 Å². The van der Waals surface area contributed by atoms with E-state index in [1.54, 1.807) is 0 Å². The van der Waals surface area contributed by atoms with Crippen molar-refractivity contribution in [2.75, 3.05) is 27.2 Å². The number of hydrogen-bond acceptors (Lipinski definition) is 2. The predicted octanol–water partition coefficient (Wildman–Crippen LogP) is 2.94. The average molecular weight is 212 g/mol. The summed E-state index contributed by atoms with van der Waals surface area (Å²) < 4.78 is 0. The van der Waals surface area contributed by atoms with Crippen LogP contribution in [0.5, 0.6) is 0 Å². The van der Waals surface area contributed by atoms with Gasteiger partial charge in [0.1, 0.15) is 0 Å². The molecule has 0 aromatic heterocycles. The molecule has 0 atom stereocenters. The van der Waals surface area contributed by atoms with Gasteiger partial charge in [0.15, 0.2) is 0 Å². The molecule has 0 amide bonds. The Morgan fingerprint density at radius 3 is 2.13 bits per heavy atom. The Bertz CT molecular complexity index is 149. The van der Waals surface area contributed by atoms with Crippen LogP contribution in [0.25, 0.3) is 0 Å². The summed E-state index contributed by atoms with van der Waals surface area (Å²) in [6.45, 7) is 4.84. The minimum atomic E-state index is 0.709. The van der Waals surface area contributed by atoms with E-state index in [1.165, 1.54) is 58.0 Å². The van der Waals surface area contributed by atoms with E-state index in [9.17, 15) is 0 Å². The van der Waals surface area contributed by atoms with Gasteiger partial charge in [-0.3, -0.25) is 9.80 Å². The molecule has 1 aliphatic heterocycles.